The van der Waals surface area contributed by atoms with Gasteiger partial charge in [0.1, 0.15) is 0 Å². The quantitative estimate of drug-likeness (QED) is 0.857. The van der Waals surface area contributed by atoms with Crippen molar-refractivity contribution in [3.63, 3.8) is 0 Å². The van der Waals surface area contributed by atoms with Crippen LogP contribution in [0.25, 0.3) is 5.69 Å². The van der Waals surface area contributed by atoms with E-state index in [1.165, 1.54) is 0 Å². The summed E-state index contributed by atoms with van der Waals surface area (Å²) >= 11 is 0. The second kappa shape index (κ2) is 6.43. The lowest BCUT2D eigenvalue weighted by molar-refractivity contribution is -0.137. The number of carboxylic acid groups (broad SMARTS) is 1. The second-order valence-electron chi connectivity index (χ2n) is 5.75. The molecule has 1 aromatic heterocycles. The molecule has 0 radical (unpaired) electrons. The summed E-state index contributed by atoms with van der Waals surface area (Å²) in [5.74, 6) is -1.08. The molecule has 6 nitrogen and oxygen atoms in total. The summed E-state index contributed by atoms with van der Waals surface area (Å²) in [6.07, 6.45) is 5.59. The smallest absolute Gasteiger partial charge is 0.303 e. The van der Waals surface area contributed by atoms with Crippen molar-refractivity contribution in [2.45, 2.75) is 32.2 Å². The van der Waals surface area contributed by atoms with Crippen molar-refractivity contribution in [1.82, 2.24) is 14.9 Å². The van der Waals surface area contributed by atoms with Gasteiger partial charge < -0.3 is 15.0 Å². The third-order valence-corrected chi connectivity index (χ3v) is 3.35. The molecule has 0 unspecified atom stereocenters. The van der Waals surface area contributed by atoms with E-state index in [0.29, 0.717) is 12.0 Å². The van der Waals surface area contributed by atoms with Crippen LogP contribution < -0.4 is 5.32 Å². The Balaban J connectivity index is 2.02. The van der Waals surface area contributed by atoms with Crippen molar-refractivity contribution in [3.8, 4) is 5.69 Å². The van der Waals surface area contributed by atoms with E-state index in [9.17, 15) is 9.59 Å². The first kappa shape index (κ1) is 15.8. The first-order valence-electron chi connectivity index (χ1n) is 7.00. The Morgan fingerprint density at radius 3 is 2.50 bits per heavy atom. The second-order valence-corrected chi connectivity index (χ2v) is 5.75. The predicted octanol–water partition coefficient (Wildman–Crippen LogP) is 2.25. The molecule has 0 fully saturated rings. The fourth-order valence-electron chi connectivity index (χ4n) is 2.06. The van der Waals surface area contributed by atoms with Crippen molar-refractivity contribution in [2.75, 3.05) is 0 Å². The van der Waals surface area contributed by atoms with E-state index < -0.39 is 11.5 Å². The van der Waals surface area contributed by atoms with Crippen LogP contribution in [-0.4, -0.2) is 32.1 Å². The summed E-state index contributed by atoms with van der Waals surface area (Å²) in [4.78, 5) is 26.8. The summed E-state index contributed by atoms with van der Waals surface area (Å²) in [6, 6.07) is 7.14. The Kier molecular flexibility index (Phi) is 4.60. The van der Waals surface area contributed by atoms with E-state index in [0.717, 1.165) is 5.69 Å². The minimum atomic E-state index is -0.869. The summed E-state index contributed by atoms with van der Waals surface area (Å²) in [5.41, 5.74) is 0.879. The highest BCUT2D eigenvalue weighted by molar-refractivity contribution is 5.94. The zero-order chi connectivity index (χ0) is 16.2. The van der Waals surface area contributed by atoms with Crippen LogP contribution >= 0.6 is 0 Å². The minimum absolute atomic E-state index is 0.0207. The molecule has 0 saturated heterocycles. The zero-order valence-electron chi connectivity index (χ0n) is 12.6. The van der Waals surface area contributed by atoms with Crippen molar-refractivity contribution in [2.24, 2.45) is 0 Å². The van der Waals surface area contributed by atoms with Gasteiger partial charge in [0.15, 0.2) is 0 Å². The van der Waals surface area contributed by atoms with Crippen LogP contribution in [0, 0.1) is 0 Å². The van der Waals surface area contributed by atoms with Crippen LogP contribution in [0.2, 0.25) is 0 Å². The molecule has 0 spiro atoms. The Morgan fingerprint density at radius 2 is 1.95 bits per heavy atom. The number of aliphatic carboxylic acids is 1. The number of hydrogen-bond acceptors (Lipinski definition) is 3. The number of hydrogen-bond donors (Lipinski definition) is 2. The maximum Gasteiger partial charge on any atom is 0.303 e. The molecule has 2 aromatic rings. The number of nitrogens with zero attached hydrogens (tertiary/aromatic N) is 2. The van der Waals surface area contributed by atoms with Crippen molar-refractivity contribution in [1.29, 1.82) is 0 Å². The van der Waals surface area contributed by atoms with E-state index in [1.54, 1.807) is 24.7 Å². The van der Waals surface area contributed by atoms with Gasteiger partial charge in [-0.3, -0.25) is 9.59 Å². The monoisotopic (exact) mass is 301 g/mol. The molecule has 2 N–H and O–H groups in total. The predicted molar refractivity (Wildman–Crippen MR) is 82.0 cm³/mol. The van der Waals surface area contributed by atoms with Crippen molar-refractivity contribution in [3.05, 3.63) is 48.5 Å². The Hall–Kier alpha value is -2.63. The van der Waals surface area contributed by atoms with Gasteiger partial charge in [-0.2, -0.15) is 0 Å². The number of imidazole rings is 1. The van der Waals surface area contributed by atoms with Crippen LogP contribution in [0.5, 0.6) is 0 Å². The van der Waals surface area contributed by atoms with Gasteiger partial charge >= 0.3 is 5.97 Å². The summed E-state index contributed by atoms with van der Waals surface area (Å²) in [6.45, 7) is 3.63. The lowest BCUT2D eigenvalue weighted by atomic mass is 9.97. The maximum atomic E-state index is 12.2. The van der Waals surface area contributed by atoms with Crippen LogP contribution in [0.1, 0.15) is 37.0 Å². The number of nitrogens with one attached hydrogen (secondary N) is 1. The molecule has 1 aromatic carbocycles. The first-order valence-corrected chi connectivity index (χ1v) is 7.00. The molecule has 6 heteroatoms. The highest BCUT2D eigenvalue weighted by atomic mass is 16.4. The van der Waals surface area contributed by atoms with Gasteiger partial charge in [-0.15, -0.1) is 0 Å². The van der Waals surface area contributed by atoms with Gasteiger partial charge in [0.2, 0.25) is 0 Å². The lowest BCUT2D eigenvalue weighted by Crippen LogP contribution is -2.43. The van der Waals surface area contributed by atoms with E-state index in [-0.39, 0.29) is 12.3 Å². The van der Waals surface area contributed by atoms with E-state index in [2.05, 4.69) is 10.3 Å². The number of benzene rings is 1. The summed E-state index contributed by atoms with van der Waals surface area (Å²) in [7, 11) is 0. The highest BCUT2D eigenvalue weighted by Gasteiger charge is 2.22. The Morgan fingerprint density at radius 1 is 1.27 bits per heavy atom. The topological polar surface area (TPSA) is 84.2 Å². The fourth-order valence-corrected chi connectivity index (χ4v) is 2.06. The molecule has 22 heavy (non-hydrogen) atoms. The molecular weight excluding hydrogens is 282 g/mol. The average Bonchev–Trinajstić information content (AvgIpc) is 2.99. The largest absolute Gasteiger partial charge is 0.481 e. The SMILES string of the molecule is CC(C)(CCC(=O)O)NC(=O)c1ccc(-n2ccnc2)cc1. The summed E-state index contributed by atoms with van der Waals surface area (Å²) in [5, 5.41) is 11.6. The van der Waals surface area contributed by atoms with Gasteiger partial charge in [-0.1, -0.05) is 0 Å². The van der Waals surface area contributed by atoms with Crippen molar-refractivity contribution >= 4 is 11.9 Å². The minimum Gasteiger partial charge on any atom is -0.481 e. The number of aromatic nitrogens is 2. The molecule has 0 aliphatic rings. The molecule has 1 amide bonds. The van der Waals surface area contributed by atoms with E-state index in [4.69, 9.17) is 5.11 Å². The Labute approximate surface area is 128 Å². The molecule has 0 bridgehead atoms. The number of amides is 1. The van der Waals surface area contributed by atoms with Crippen LogP contribution in [-0.2, 0) is 4.79 Å². The standard InChI is InChI=1S/C16H19N3O3/c1-16(2,8-7-14(20)21)18-15(22)12-3-5-13(6-4-12)19-10-9-17-11-19/h3-6,9-11H,7-8H2,1-2H3,(H,18,22)(H,20,21). The summed E-state index contributed by atoms with van der Waals surface area (Å²) < 4.78 is 1.85. The van der Waals surface area contributed by atoms with Gasteiger partial charge in [0.05, 0.1) is 6.33 Å². The molecule has 0 atom stereocenters. The van der Waals surface area contributed by atoms with Gasteiger partial charge in [0.25, 0.3) is 5.91 Å². The van der Waals surface area contributed by atoms with Gasteiger partial charge in [-0.25, -0.2) is 4.98 Å². The third-order valence-electron chi connectivity index (χ3n) is 3.35. The Bertz CT molecular complexity index is 646. The third kappa shape index (κ3) is 4.18. The highest BCUT2D eigenvalue weighted by Crippen LogP contribution is 2.14. The molecule has 1 heterocycles. The lowest BCUT2D eigenvalue weighted by Gasteiger charge is -2.25. The molecule has 0 aliphatic heterocycles. The average molecular weight is 301 g/mol. The maximum absolute atomic E-state index is 12.2. The molecular formula is C16H19N3O3. The molecule has 0 aliphatic carbocycles. The van der Waals surface area contributed by atoms with Gasteiger partial charge in [-0.05, 0) is 44.5 Å². The number of rotatable bonds is 6. The van der Waals surface area contributed by atoms with Gasteiger partial charge in [0, 0.05) is 35.6 Å². The number of carboxylic acids is 1. The van der Waals surface area contributed by atoms with Crippen LogP contribution in [0.3, 0.4) is 0 Å². The van der Waals surface area contributed by atoms with E-state index in [1.807, 2.05) is 36.7 Å². The number of carbonyl (C=O) groups is 2. The van der Waals surface area contributed by atoms with Crippen LogP contribution in [0.15, 0.2) is 43.0 Å². The van der Waals surface area contributed by atoms with Crippen molar-refractivity contribution < 1.29 is 14.7 Å². The molecule has 116 valence electrons. The zero-order valence-corrected chi connectivity index (χ0v) is 12.6. The van der Waals surface area contributed by atoms with Crippen LogP contribution in [0.4, 0.5) is 0 Å². The fraction of sp³-hybridized carbons (Fsp3) is 0.312. The first-order chi connectivity index (χ1) is 10.4. The number of carbonyl (C=O) groups excluding carboxylic acids is 1. The normalized spacial score (nSPS) is 11.2. The molecule has 0 saturated carbocycles. The van der Waals surface area contributed by atoms with E-state index >= 15 is 0 Å². The molecule has 2 rings (SSSR count).